The fraction of sp³-hybridized carbons (Fsp3) is 0.529. The number of benzene rings is 3. The molecule has 0 radical (unpaired) electrons. The molecule has 9 rings (SSSR count). The fourth-order valence-corrected chi connectivity index (χ4v) is 12.3. The first-order chi connectivity index (χ1) is 33.9. The molecular formula is C51H60Cl2FN7O9. The number of amides is 6. The number of hydrogen-bond donors (Lipinski definition) is 6. The van der Waals surface area contributed by atoms with Crippen molar-refractivity contribution in [1.82, 2.24) is 26.2 Å². The van der Waals surface area contributed by atoms with Crippen LogP contribution in [0, 0.1) is 11.7 Å². The van der Waals surface area contributed by atoms with Gasteiger partial charge in [0.05, 0.1) is 50.7 Å². The van der Waals surface area contributed by atoms with Gasteiger partial charge in [0, 0.05) is 77.0 Å². The molecule has 0 aromatic heterocycles. The number of carbonyl (C=O) groups excluding carboxylic acids is 6. The number of anilines is 2. The van der Waals surface area contributed by atoms with Gasteiger partial charge in [-0.1, -0.05) is 66.7 Å². The third-order valence-electron chi connectivity index (χ3n) is 15.2. The lowest BCUT2D eigenvalue weighted by atomic mass is 9.55. The number of carbonyl (C=O) groups is 6. The first kappa shape index (κ1) is 49.8. The van der Waals surface area contributed by atoms with Gasteiger partial charge < -0.3 is 40.4 Å². The van der Waals surface area contributed by atoms with Crippen molar-refractivity contribution < 1.29 is 47.4 Å². The van der Waals surface area contributed by atoms with Gasteiger partial charge in [0.2, 0.25) is 29.5 Å². The molecule has 70 heavy (non-hydrogen) atoms. The minimum Gasteiger partial charge on any atom is -0.382 e. The highest BCUT2D eigenvalue weighted by atomic mass is 35.5. The van der Waals surface area contributed by atoms with Crippen LogP contribution in [0.3, 0.4) is 0 Å². The minimum atomic E-state index is -1.31. The normalized spacial score (nSPS) is 25.7. The maximum Gasteiger partial charge on any atom is 0.255 e. The number of fused-ring (bicyclic) bond motifs is 4. The summed E-state index contributed by atoms with van der Waals surface area (Å²) < 4.78 is 33.3. The summed E-state index contributed by atoms with van der Waals surface area (Å²) in [5.74, 6) is -3.42. The van der Waals surface area contributed by atoms with E-state index in [0.29, 0.717) is 120 Å². The van der Waals surface area contributed by atoms with E-state index >= 15 is 4.39 Å². The SMILES string of the molecule is O=C1CCC(N2Cc3c(NCCOCCOCCOCCNC(=O)[C@H]4CC[C@H](NC(=O)[C@@H]5NC6(CCCCC6)[C@@]6(C(=O)Nc7cc(Cl)ccc76)[C@H]5c5cccc(Cl)c5F)CC4)cccc3C2=O)C(=O)N1. The Bertz CT molecular complexity index is 2500. The number of halogens is 3. The summed E-state index contributed by atoms with van der Waals surface area (Å²) >= 11 is 12.8. The quantitative estimate of drug-likeness (QED) is 0.0694. The second kappa shape index (κ2) is 21.7. The Morgan fingerprint density at radius 3 is 2.26 bits per heavy atom. The van der Waals surface area contributed by atoms with E-state index in [0.717, 1.165) is 30.5 Å². The minimum absolute atomic E-state index is 0.0586. The van der Waals surface area contributed by atoms with Crippen molar-refractivity contribution in [1.29, 1.82) is 0 Å². The summed E-state index contributed by atoms with van der Waals surface area (Å²) in [6.07, 6.45) is 6.78. The average molecular weight is 1000 g/mol. The number of hydrogen-bond acceptors (Lipinski definition) is 11. The van der Waals surface area contributed by atoms with Crippen LogP contribution < -0.4 is 31.9 Å². The number of nitrogens with one attached hydrogen (secondary N) is 6. The van der Waals surface area contributed by atoms with Gasteiger partial charge in [0.1, 0.15) is 17.3 Å². The van der Waals surface area contributed by atoms with Crippen molar-refractivity contribution in [2.75, 3.05) is 63.4 Å². The second-order valence-electron chi connectivity index (χ2n) is 19.2. The third-order valence-corrected chi connectivity index (χ3v) is 15.7. The molecule has 16 nitrogen and oxygen atoms in total. The number of rotatable bonds is 18. The first-order valence-electron chi connectivity index (χ1n) is 24.6. The maximum absolute atomic E-state index is 16.3. The lowest BCUT2D eigenvalue weighted by Crippen LogP contribution is -2.60. The van der Waals surface area contributed by atoms with Crippen LogP contribution in [0.4, 0.5) is 15.8 Å². The summed E-state index contributed by atoms with van der Waals surface area (Å²) in [5, 5.41) is 19.0. The second-order valence-corrected chi connectivity index (χ2v) is 20.0. The fourth-order valence-electron chi connectivity index (χ4n) is 12.0. The van der Waals surface area contributed by atoms with E-state index in [-0.39, 0.29) is 65.0 Å². The molecule has 3 aromatic rings. The summed E-state index contributed by atoms with van der Waals surface area (Å²) in [4.78, 5) is 81.0. The van der Waals surface area contributed by atoms with Crippen LogP contribution in [-0.4, -0.2) is 117 Å². The van der Waals surface area contributed by atoms with Crippen LogP contribution in [0.5, 0.6) is 0 Å². The predicted octanol–water partition coefficient (Wildman–Crippen LogP) is 5.50. The first-order valence-corrected chi connectivity index (χ1v) is 25.3. The molecule has 6 amide bonds. The van der Waals surface area contributed by atoms with Crippen molar-refractivity contribution in [2.45, 2.75) is 112 Å². The molecule has 0 bridgehead atoms. The molecule has 2 saturated carbocycles. The van der Waals surface area contributed by atoms with Crippen LogP contribution >= 0.6 is 23.2 Å². The van der Waals surface area contributed by atoms with Crippen LogP contribution in [0.15, 0.2) is 54.6 Å². The summed E-state index contributed by atoms with van der Waals surface area (Å²) in [6, 6.07) is 13.7. The van der Waals surface area contributed by atoms with Crippen LogP contribution in [0.2, 0.25) is 10.0 Å². The topological polar surface area (TPSA) is 206 Å². The molecule has 4 heterocycles. The van der Waals surface area contributed by atoms with E-state index in [4.69, 9.17) is 37.4 Å². The molecule has 6 N–H and O–H groups in total. The molecule has 2 aliphatic carbocycles. The number of imide groups is 1. The monoisotopic (exact) mass is 1000 g/mol. The van der Waals surface area contributed by atoms with Crippen molar-refractivity contribution in [2.24, 2.45) is 5.92 Å². The Hall–Kier alpha value is -5.17. The summed E-state index contributed by atoms with van der Waals surface area (Å²) in [5.41, 5.74) is 1.49. The zero-order valence-corrected chi connectivity index (χ0v) is 40.5. The molecule has 2 saturated heterocycles. The van der Waals surface area contributed by atoms with Gasteiger partial charge in [0.15, 0.2) is 0 Å². The molecule has 4 fully saturated rings. The van der Waals surface area contributed by atoms with Gasteiger partial charge in [-0.25, -0.2) is 4.39 Å². The van der Waals surface area contributed by atoms with Gasteiger partial charge >= 0.3 is 0 Å². The van der Waals surface area contributed by atoms with Gasteiger partial charge in [-0.05, 0) is 86.4 Å². The predicted molar refractivity (Wildman–Crippen MR) is 259 cm³/mol. The molecule has 19 heteroatoms. The zero-order chi connectivity index (χ0) is 49.0. The van der Waals surface area contributed by atoms with Gasteiger partial charge in [0.25, 0.3) is 5.91 Å². The largest absolute Gasteiger partial charge is 0.382 e. The maximum atomic E-state index is 16.3. The Morgan fingerprint density at radius 2 is 1.51 bits per heavy atom. The number of ether oxygens (including phenoxy) is 3. The highest BCUT2D eigenvalue weighted by Crippen LogP contribution is 2.63. The zero-order valence-electron chi connectivity index (χ0n) is 39.0. The van der Waals surface area contributed by atoms with E-state index in [9.17, 15) is 28.8 Å². The third kappa shape index (κ3) is 9.77. The van der Waals surface area contributed by atoms with Crippen molar-refractivity contribution in [3.05, 3.63) is 92.7 Å². The Balaban J connectivity index is 0.675. The standard InChI is InChI=1S/C51H60Cl2FN7O9/c52-31-12-15-36-39(28-31)58-49(67)51(36)42(34-7-4-8-37(53)43(34)54)44(60-50(51)18-2-1-3-19-50)47(65)57-32-13-10-30(11-14-32)45(63)56-21-23-69-25-27-70-26-24-68-22-20-55-38-9-5-6-33-35(38)29-61(48(33)66)40-16-17-41(62)59-46(40)64/h4-9,12,15,28,30,32,40,42,44,55,60H,1-3,10-11,13-14,16-27,29H2,(H,56,63)(H,57,65)(H,58,67)(H,59,62,64)/t30-,32-,40?,42-,44+,51+/m0/s1. The highest BCUT2D eigenvalue weighted by Gasteiger charge is 2.72. The molecule has 6 aliphatic rings. The van der Waals surface area contributed by atoms with E-state index < -0.39 is 40.7 Å². The average Bonchev–Trinajstić information content (AvgIpc) is 3.95. The van der Waals surface area contributed by atoms with Gasteiger partial charge in [-0.15, -0.1) is 0 Å². The van der Waals surface area contributed by atoms with Gasteiger partial charge in [-0.2, -0.15) is 0 Å². The molecule has 2 spiro atoms. The molecule has 3 aromatic carbocycles. The lowest BCUT2D eigenvalue weighted by molar-refractivity contribution is -0.137. The lowest BCUT2D eigenvalue weighted by Gasteiger charge is -2.47. The Labute approximate surface area is 416 Å². The van der Waals surface area contributed by atoms with Gasteiger partial charge in [-0.3, -0.25) is 39.4 Å². The van der Waals surface area contributed by atoms with Crippen molar-refractivity contribution >= 4 is 70.0 Å². The van der Waals surface area contributed by atoms with Crippen molar-refractivity contribution in [3.63, 3.8) is 0 Å². The van der Waals surface area contributed by atoms with Crippen LogP contribution in [0.25, 0.3) is 0 Å². The number of nitrogens with zero attached hydrogens (tertiary/aromatic N) is 1. The van der Waals surface area contributed by atoms with Crippen molar-refractivity contribution in [3.8, 4) is 0 Å². The smallest absolute Gasteiger partial charge is 0.255 e. The van der Waals surface area contributed by atoms with Crippen LogP contribution in [0.1, 0.15) is 104 Å². The molecular weight excluding hydrogens is 945 g/mol. The van der Waals surface area contributed by atoms with E-state index in [1.807, 2.05) is 12.1 Å². The van der Waals surface area contributed by atoms with E-state index in [1.54, 1.807) is 36.4 Å². The summed E-state index contributed by atoms with van der Waals surface area (Å²) in [6.45, 7) is 3.33. The van der Waals surface area contributed by atoms with E-state index in [1.165, 1.54) is 11.0 Å². The summed E-state index contributed by atoms with van der Waals surface area (Å²) in [7, 11) is 0. The Morgan fingerprint density at radius 1 is 0.800 bits per heavy atom. The highest BCUT2D eigenvalue weighted by molar-refractivity contribution is 6.31. The molecule has 4 atom stereocenters. The van der Waals surface area contributed by atoms with E-state index in [2.05, 4.69) is 31.9 Å². The molecule has 1 unspecified atom stereocenters. The molecule has 374 valence electrons. The number of piperidine rings is 1. The molecule has 4 aliphatic heterocycles. The van der Waals surface area contributed by atoms with Crippen LogP contribution in [-0.2, 0) is 50.1 Å². The Kier molecular flexibility index (Phi) is 15.4.